The average Bonchev–Trinajstić information content (AvgIpc) is 2.77. The summed E-state index contributed by atoms with van der Waals surface area (Å²) in [5.74, 6) is 0.465. The maximum atomic E-state index is 4.15. The zero-order valence-electron chi connectivity index (χ0n) is 17.4. The van der Waals surface area contributed by atoms with Crippen molar-refractivity contribution in [2.24, 2.45) is 0 Å². The molecule has 0 radical (unpaired) electrons. The summed E-state index contributed by atoms with van der Waals surface area (Å²) in [6.07, 6.45) is 1.98. The van der Waals surface area contributed by atoms with E-state index in [9.17, 15) is 0 Å². The Hall–Kier alpha value is -3.32. The molecule has 0 amide bonds. The van der Waals surface area contributed by atoms with Crippen LogP contribution in [0.15, 0.2) is 85.4 Å². The molecule has 0 aliphatic heterocycles. The number of hydrogen-bond acceptors (Lipinski definition) is 1. The van der Waals surface area contributed by atoms with E-state index in [-0.39, 0.29) is 0 Å². The first-order chi connectivity index (χ1) is 14.1. The Morgan fingerprint density at radius 1 is 0.828 bits per heavy atom. The number of benzene rings is 4. The zero-order chi connectivity index (χ0) is 20.4. The van der Waals surface area contributed by atoms with Crippen LogP contribution in [0.3, 0.4) is 0 Å². The molecule has 1 N–H and O–H groups in total. The third-order valence-electron chi connectivity index (χ3n) is 5.61. The fourth-order valence-electron chi connectivity index (χ4n) is 4.07. The molecule has 0 saturated heterocycles. The topological polar surface area (TPSA) is 12.0 Å². The maximum Gasteiger partial charge on any atom is 0.0417 e. The van der Waals surface area contributed by atoms with E-state index in [1.54, 1.807) is 0 Å². The molecule has 0 aliphatic carbocycles. The number of rotatable bonds is 5. The largest absolute Gasteiger partial charge is 0.388 e. The lowest BCUT2D eigenvalue weighted by atomic mass is 9.84. The minimum Gasteiger partial charge on any atom is -0.388 e. The second-order valence-corrected chi connectivity index (χ2v) is 7.72. The Kier molecular flexibility index (Phi) is 5.22. The highest BCUT2D eigenvalue weighted by Crippen LogP contribution is 2.44. The number of fused-ring (bicyclic) bond motifs is 1. The van der Waals surface area contributed by atoms with Crippen molar-refractivity contribution < 1.29 is 0 Å². The van der Waals surface area contributed by atoms with Crippen molar-refractivity contribution >= 4 is 22.5 Å². The summed E-state index contributed by atoms with van der Waals surface area (Å²) in [6.45, 7) is 8.63. The van der Waals surface area contributed by atoms with Crippen molar-refractivity contribution in [2.75, 3.05) is 12.4 Å². The summed E-state index contributed by atoms with van der Waals surface area (Å²) >= 11 is 0. The van der Waals surface area contributed by atoms with E-state index in [2.05, 4.69) is 105 Å². The van der Waals surface area contributed by atoms with E-state index in [1.165, 1.54) is 38.6 Å². The minimum absolute atomic E-state index is 0.465. The van der Waals surface area contributed by atoms with Gasteiger partial charge in [-0.3, -0.25) is 0 Å². The first-order valence-corrected chi connectivity index (χ1v) is 10.2. The van der Waals surface area contributed by atoms with E-state index >= 15 is 0 Å². The van der Waals surface area contributed by atoms with Gasteiger partial charge in [-0.15, -0.1) is 0 Å². The lowest BCUT2D eigenvalue weighted by Crippen LogP contribution is -1.99. The van der Waals surface area contributed by atoms with Crippen molar-refractivity contribution in [1.82, 2.24) is 0 Å². The molecule has 0 saturated carbocycles. The molecule has 4 rings (SSSR count). The summed E-state index contributed by atoms with van der Waals surface area (Å²) in [4.78, 5) is 0. The Balaban J connectivity index is 2.18. The van der Waals surface area contributed by atoms with Gasteiger partial charge >= 0.3 is 0 Å². The molecule has 0 atom stereocenters. The first kappa shape index (κ1) is 19.0. The highest BCUT2D eigenvalue weighted by molar-refractivity contribution is 6.08. The van der Waals surface area contributed by atoms with E-state index in [1.807, 2.05) is 13.1 Å². The molecule has 29 heavy (non-hydrogen) atoms. The van der Waals surface area contributed by atoms with Gasteiger partial charge in [0.05, 0.1) is 0 Å². The summed E-state index contributed by atoms with van der Waals surface area (Å²) in [5.41, 5.74) is 8.55. The van der Waals surface area contributed by atoms with Crippen LogP contribution in [0.25, 0.3) is 39.1 Å². The average molecular weight is 378 g/mol. The highest BCUT2D eigenvalue weighted by Gasteiger charge is 2.18. The number of nitrogens with one attached hydrogen (secondary N) is 1. The molecular formula is C28H27N. The number of anilines is 1. The number of hydrogen-bond donors (Lipinski definition) is 1. The smallest absolute Gasteiger partial charge is 0.0417 e. The standard InChI is InChI=1S/C28H27N/c1-5-20-17-23-13-9-10-14-24(23)28(21-11-7-6-8-12-21)27(20)25-18-22(19(2)3)15-16-26(25)29-4/h5-19,29H,1H2,2-4H3. The summed E-state index contributed by atoms with van der Waals surface area (Å²) in [7, 11) is 1.99. The van der Waals surface area contributed by atoms with Gasteiger partial charge in [0.1, 0.15) is 0 Å². The van der Waals surface area contributed by atoms with Crippen molar-refractivity contribution in [3.63, 3.8) is 0 Å². The van der Waals surface area contributed by atoms with Gasteiger partial charge in [-0.1, -0.05) is 87.2 Å². The Morgan fingerprint density at radius 3 is 2.24 bits per heavy atom. The molecule has 0 aliphatic rings. The van der Waals surface area contributed by atoms with Gasteiger partial charge in [0.2, 0.25) is 0 Å². The Morgan fingerprint density at radius 2 is 1.55 bits per heavy atom. The van der Waals surface area contributed by atoms with Crippen LogP contribution in [-0.2, 0) is 0 Å². The zero-order valence-corrected chi connectivity index (χ0v) is 17.4. The van der Waals surface area contributed by atoms with Gasteiger partial charge in [-0.25, -0.2) is 0 Å². The van der Waals surface area contributed by atoms with Gasteiger partial charge < -0.3 is 5.32 Å². The fraction of sp³-hybridized carbons (Fsp3) is 0.143. The second kappa shape index (κ2) is 7.97. The third-order valence-corrected chi connectivity index (χ3v) is 5.61. The summed E-state index contributed by atoms with van der Waals surface area (Å²) in [5, 5.41) is 5.90. The molecule has 4 aromatic carbocycles. The van der Waals surface area contributed by atoms with Crippen molar-refractivity contribution in [3.8, 4) is 22.3 Å². The van der Waals surface area contributed by atoms with Crippen molar-refractivity contribution in [2.45, 2.75) is 19.8 Å². The molecule has 4 aromatic rings. The molecule has 0 unspecified atom stereocenters. The van der Waals surface area contributed by atoms with Crippen molar-refractivity contribution in [1.29, 1.82) is 0 Å². The summed E-state index contributed by atoms with van der Waals surface area (Å²) < 4.78 is 0. The predicted octanol–water partition coefficient (Wildman–Crippen LogP) is 7.98. The lowest BCUT2D eigenvalue weighted by Gasteiger charge is -2.21. The molecule has 0 heterocycles. The fourth-order valence-corrected chi connectivity index (χ4v) is 4.07. The molecule has 0 spiro atoms. The minimum atomic E-state index is 0.465. The van der Waals surface area contributed by atoms with Crippen LogP contribution in [0, 0.1) is 0 Å². The molecule has 1 nitrogen and oxygen atoms in total. The maximum absolute atomic E-state index is 4.15. The van der Waals surface area contributed by atoms with E-state index in [4.69, 9.17) is 0 Å². The summed E-state index contributed by atoms with van der Waals surface area (Å²) in [6, 6.07) is 28.3. The van der Waals surface area contributed by atoms with Gasteiger partial charge in [0.15, 0.2) is 0 Å². The third kappa shape index (κ3) is 3.45. The molecule has 0 aromatic heterocycles. The van der Waals surface area contributed by atoms with Crippen molar-refractivity contribution in [3.05, 3.63) is 96.6 Å². The van der Waals surface area contributed by atoms with Gasteiger partial charge in [0.25, 0.3) is 0 Å². The van der Waals surface area contributed by atoms with Crippen LogP contribution in [-0.4, -0.2) is 7.05 Å². The molecule has 144 valence electrons. The second-order valence-electron chi connectivity index (χ2n) is 7.72. The molecule has 0 fully saturated rings. The lowest BCUT2D eigenvalue weighted by molar-refractivity contribution is 0.867. The van der Waals surface area contributed by atoms with Crippen LogP contribution >= 0.6 is 0 Å². The van der Waals surface area contributed by atoms with Crippen LogP contribution in [0.4, 0.5) is 5.69 Å². The van der Waals surface area contributed by atoms with Gasteiger partial charge in [0, 0.05) is 18.3 Å². The first-order valence-electron chi connectivity index (χ1n) is 10.2. The predicted molar refractivity (Wildman–Crippen MR) is 129 cm³/mol. The van der Waals surface area contributed by atoms with Crippen LogP contribution < -0.4 is 5.32 Å². The van der Waals surface area contributed by atoms with Crippen LogP contribution in [0.1, 0.15) is 30.9 Å². The molecular weight excluding hydrogens is 350 g/mol. The van der Waals surface area contributed by atoms with Crippen LogP contribution in [0.2, 0.25) is 0 Å². The molecule has 1 heteroatoms. The monoisotopic (exact) mass is 377 g/mol. The van der Waals surface area contributed by atoms with E-state index in [0.29, 0.717) is 5.92 Å². The van der Waals surface area contributed by atoms with Crippen LogP contribution in [0.5, 0.6) is 0 Å². The normalized spacial score (nSPS) is 11.0. The van der Waals surface area contributed by atoms with E-state index in [0.717, 1.165) is 11.3 Å². The Labute approximate surface area is 173 Å². The van der Waals surface area contributed by atoms with Gasteiger partial charge in [-0.2, -0.15) is 0 Å². The highest BCUT2D eigenvalue weighted by atomic mass is 14.8. The van der Waals surface area contributed by atoms with E-state index < -0.39 is 0 Å². The molecule has 0 bridgehead atoms. The van der Waals surface area contributed by atoms with Gasteiger partial charge in [-0.05, 0) is 62.7 Å². The SMILES string of the molecule is C=Cc1cc2ccccc2c(-c2ccccc2)c1-c1cc(C(C)C)ccc1NC. The Bertz CT molecular complexity index is 1170. The quantitative estimate of drug-likeness (QED) is 0.372.